The molecule has 3 heterocycles. The van der Waals surface area contributed by atoms with Crippen LogP contribution < -0.4 is 11.1 Å². The van der Waals surface area contributed by atoms with E-state index < -0.39 is 23.1 Å². The first-order valence-electron chi connectivity index (χ1n) is 8.26. The van der Waals surface area contributed by atoms with E-state index in [1.807, 2.05) is 0 Å². The van der Waals surface area contributed by atoms with Crippen LogP contribution in [-0.2, 0) is 10.3 Å². The van der Waals surface area contributed by atoms with E-state index in [1.165, 1.54) is 30.0 Å². The second-order valence-corrected chi connectivity index (χ2v) is 7.48. The average Bonchev–Trinajstić information content (AvgIpc) is 3.06. The molecule has 2 aliphatic rings. The minimum atomic E-state index is -0.759. The lowest BCUT2D eigenvalue weighted by Crippen LogP contribution is -2.39. The summed E-state index contributed by atoms with van der Waals surface area (Å²) in [6.45, 7) is 0.816. The van der Waals surface area contributed by atoms with Gasteiger partial charge in [0.2, 0.25) is 0 Å². The number of thioether (sulfide) groups is 1. The van der Waals surface area contributed by atoms with Gasteiger partial charge in [-0.3, -0.25) is 4.79 Å². The zero-order valence-corrected chi connectivity index (χ0v) is 14.9. The van der Waals surface area contributed by atoms with Crippen LogP contribution in [0.25, 0.3) is 0 Å². The highest BCUT2D eigenvalue weighted by atomic mass is 32.2. The van der Waals surface area contributed by atoms with Crippen LogP contribution in [0, 0.1) is 17.6 Å². The van der Waals surface area contributed by atoms with Gasteiger partial charge in [-0.2, -0.15) is 0 Å². The number of nitrogens with one attached hydrogen (secondary N) is 1. The van der Waals surface area contributed by atoms with E-state index in [0.29, 0.717) is 23.9 Å². The van der Waals surface area contributed by atoms with Crippen molar-refractivity contribution in [1.29, 1.82) is 0 Å². The monoisotopic (exact) mass is 390 g/mol. The third-order valence-electron chi connectivity index (χ3n) is 4.67. The SMILES string of the molecule is NC1=N[C@@]2(c3cc(F)cc(NC(=O)c4ccc(F)cn4)c3)COC[C@H]2CS1. The molecule has 27 heavy (non-hydrogen) atoms. The van der Waals surface area contributed by atoms with E-state index in [4.69, 9.17) is 10.5 Å². The fourth-order valence-electron chi connectivity index (χ4n) is 3.34. The number of fused-ring (bicyclic) bond motifs is 1. The molecule has 1 saturated heterocycles. The van der Waals surface area contributed by atoms with Crippen LogP contribution in [-0.4, -0.2) is 35.0 Å². The summed E-state index contributed by atoms with van der Waals surface area (Å²) >= 11 is 1.45. The maximum absolute atomic E-state index is 14.3. The summed E-state index contributed by atoms with van der Waals surface area (Å²) in [5.74, 6) is -0.824. The summed E-state index contributed by atoms with van der Waals surface area (Å²) in [5, 5.41) is 3.03. The van der Waals surface area contributed by atoms with E-state index in [-0.39, 0.29) is 17.3 Å². The van der Waals surface area contributed by atoms with Crippen LogP contribution in [0.1, 0.15) is 16.1 Å². The summed E-state index contributed by atoms with van der Waals surface area (Å²) in [5.41, 5.74) is 6.03. The minimum Gasteiger partial charge on any atom is -0.379 e. The molecular weight excluding hydrogens is 374 g/mol. The minimum absolute atomic E-state index is 0.0267. The number of anilines is 1. The molecule has 2 aromatic rings. The van der Waals surface area contributed by atoms with Gasteiger partial charge in [-0.1, -0.05) is 11.8 Å². The van der Waals surface area contributed by atoms with Crippen molar-refractivity contribution in [2.24, 2.45) is 16.6 Å². The Balaban J connectivity index is 1.67. The first kappa shape index (κ1) is 17.9. The molecule has 0 bridgehead atoms. The second-order valence-electron chi connectivity index (χ2n) is 6.44. The van der Waals surface area contributed by atoms with Crippen molar-refractivity contribution in [1.82, 2.24) is 4.98 Å². The molecule has 1 aromatic heterocycles. The molecule has 140 valence electrons. The fraction of sp³-hybridized carbons (Fsp3) is 0.278. The van der Waals surface area contributed by atoms with E-state index in [9.17, 15) is 13.6 Å². The molecule has 2 aliphatic heterocycles. The Bertz CT molecular complexity index is 922. The van der Waals surface area contributed by atoms with Crippen molar-refractivity contribution >= 4 is 28.5 Å². The van der Waals surface area contributed by atoms with Gasteiger partial charge in [0, 0.05) is 17.4 Å². The molecule has 1 fully saturated rings. The lowest BCUT2D eigenvalue weighted by Gasteiger charge is -2.34. The first-order chi connectivity index (χ1) is 13.0. The predicted octanol–water partition coefficient (Wildman–Crippen LogP) is 2.52. The number of hydrogen-bond donors (Lipinski definition) is 2. The Morgan fingerprint density at radius 1 is 1.30 bits per heavy atom. The number of carbonyl (C=O) groups is 1. The van der Waals surface area contributed by atoms with Crippen LogP contribution in [0.5, 0.6) is 0 Å². The lowest BCUT2D eigenvalue weighted by molar-refractivity contribution is 0.102. The number of benzene rings is 1. The molecule has 4 rings (SSSR count). The molecule has 0 saturated carbocycles. The topological polar surface area (TPSA) is 89.6 Å². The van der Waals surface area contributed by atoms with Crippen molar-refractivity contribution in [2.45, 2.75) is 5.54 Å². The molecule has 1 amide bonds. The number of rotatable bonds is 3. The predicted molar refractivity (Wildman–Crippen MR) is 98.6 cm³/mol. The van der Waals surface area contributed by atoms with Crippen LogP contribution >= 0.6 is 11.8 Å². The van der Waals surface area contributed by atoms with Gasteiger partial charge < -0.3 is 15.8 Å². The average molecular weight is 390 g/mol. The Morgan fingerprint density at radius 2 is 2.15 bits per heavy atom. The highest BCUT2D eigenvalue weighted by Gasteiger charge is 2.48. The Kier molecular flexibility index (Phi) is 4.56. The molecule has 0 radical (unpaired) electrons. The van der Waals surface area contributed by atoms with E-state index in [2.05, 4.69) is 15.3 Å². The number of aliphatic imine (C=N–C) groups is 1. The second kappa shape index (κ2) is 6.90. The molecular formula is C18H16F2N4O2S. The Morgan fingerprint density at radius 3 is 2.93 bits per heavy atom. The normalized spacial score (nSPS) is 24.2. The zero-order chi connectivity index (χ0) is 19.0. The number of nitrogens with two attached hydrogens (primary N) is 1. The molecule has 9 heteroatoms. The summed E-state index contributed by atoms with van der Waals surface area (Å²) in [6.07, 6.45) is 0.947. The lowest BCUT2D eigenvalue weighted by atomic mass is 9.81. The van der Waals surface area contributed by atoms with E-state index >= 15 is 0 Å². The standard InChI is InChI=1S/C18H16F2N4O2S/c19-12-1-2-15(22-6-12)16(25)23-14-4-10(3-13(20)5-14)18-9-26-7-11(18)8-27-17(21)24-18/h1-6,11H,7-9H2,(H2,21,24)(H,23,25)/t11-,18+/m0/s1. The number of ether oxygens (including phenoxy) is 1. The zero-order valence-electron chi connectivity index (χ0n) is 14.1. The Labute approximate surface area is 158 Å². The Hall–Kier alpha value is -2.52. The molecule has 6 nitrogen and oxygen atoms in total. The summed E-state index contributed by atoms with van der Waals surface area (Å²) in [6, 6.07) is 6.65. The van der Waals surface area contributed by atoms with Crippen molar-refractivity contribution < 1.29 is 18.3 Å². The summed E-state index contributed by atoms with van der Waals surface area (Å²) in [7, 11) is 0. The fourth-order valence-corrected chi connectivity index (χ4v) is 4.31. The number of halogens is 2. The van der Waals surface area contributed by atoms with Crippen molar-refractivity contribution in [3.8, 4) is 0 Å². The van der Waals surface area contributed by atoms with Crippen LogP contribution in [0.3, 0.4) is 0 Å². The third-order valence-corrected chi connectivity index (χ3v) is 5.63. The molecule has 1 aromatic carbocycles. The number of amidine groups is 1. The highest BCUT2D eigenvalue weighted by molar-refractivity contribution is 8.13. The van der Waals surface area contributed by atoms with Crippen LogP contribution in [0.4, 0.5) is 14.5 Å². The molecule has 3 N–H and O–H groups in total. The number of pyridine rings is 1. The van der Waals surface area contributed by atoms with Gasteiger partial charge in [0.05, 0.1) is 19.4 Å². The molecule has 0 unspecified atom stereocenters. The quantitative estimate of drug-likeness (QED) is 0.841. The highest BCUT2D eigenvalue weighted by Crippen LogP contribution is 2.45. The smallest absolute Gasteiger partial charge is 0.274 e. The largest absolute Gasteiger partial charge is 0.379 e. The first-order valence-corrected chi connectivity index (χ1v) is 9.25. The van der Waals surface area contributed by atoms with E-state index in [1.54, 1.807) is 6.07 Å². The van der Waals surface area contributed by atoms with Gasteiger partial charge in [0.1, 0.15) is 22.9 Å². The number of aromatic nitrogens is 1. The van der Waals surface area contributed by atoms with Gasteiger partial charge in [-0.05, 0) is 35.9 Å². The van der Waals surface area contributed by atoms with Gasteiger partial charge in [-0.15, -0.1) is 0 Å². The van der Waals surface area contributed by atoms with Gasteiger partial charge in [-0.25, -0.2) is 18.8 Å². The molecule has 2 atom stereocenters. The number of nitrogens with zero attached hydrogens (tertiary/aromatic N) is 2. The molecule has 0 spiro atoms. The maximum Gasteiger partial charge on any atom is 0.274 e. The van der Waals surface area contributed by atoms with Gasteiger partial charge in [0.15, 0.2) is 5.17 Å². The number of carbonyl (C=O) groups excluding carboxylic acids is 1. The van der Waals surface area contributed by atoms with Crippen LogP contribution in [0.15, 0.2) is 41.5 Å². The van der Waals surface area contributed by atoms with Gasteiger partial charge >= 0.3 is 0 Å². The van der Waals surface area contributed by atoms with E-state index in [0.717, 1.165) is 18.0 Å². The van der Waals surface area contributed by atoms with Gasteiger partial charge in [0.25, 0.3) is 5.91 Å². The summed E-state index contributed by atoms with van der Waals surface area (Å²) < 4.78 is 32.9. The van der Waals surface area contributed by atoms with Crippen molar-refractivity contribution in [2.75, 3.05) is 24.3 Å². The maximum atomic E-state index is 14.3. The molecule has 0 aliphatic carbocycles. The van der Waals surface area contributed by atoms with Crippen molar-refractivity contribution in [3.63, 3.8) is 0 Å². The third kappa shape index (κ3) is 3.40. The number of hydrogen-bond acceptors (Lipinski definition) is 6. The summed E-state index contributed by atoms with van der Waals surface area (Å²) in [4.78, 5) is 20.6. The number of amides is 1. The van der Waals surface area contributed by atoms with Crippen LogP contribution in [0.2, 0.25) is 0 Å². The van der Waals surface area contributed by atoms with Crippen molar-refractivity contribution in [3.05, 3.63) is 59.4 Å².